The summed E-state index contributed by atoms with van der Waals surface area (Å²) in [4.78, 5) is 24.4. The fourth-order valence-electron chi connectivity index (χ4n) is 2.80. The van der Waals surface area contributed by atoms with Crippen LogP contribution < -0.4 is 10.1 Å². The Balaban J connectivity index is 1.45. The zero-order chi connectivity index (χ0) is 20.5. The van der Waals surface area contributed by atoms with Crippen molar-refractivity contribution >= 4 is 29.1 Å². The minimum atomic E-state index is -0.133. The molecule has 3 rings (SSSR count). The first-order valence-corrected chi connectivity index (χ1v) is 10.6. The number of benzene rings is 3. The van der Waals surface area contributed by atoms with Crippen LogP contribution in [0, 0.1) is 0 Å². The molecule has 0 fully saturated rings. The second-order valence-corrected chi connectivity index (χ2v) is 7.35. The van der Waals surface area contributed by atoms with Gasteiger partial charge in [0.05, 0.1) is 18.1 Å². The summed E-state index contributed by atoms with van der Waals surface area (Å²) in [6.45, 7) is 2.53. The highest BCUT2D eigenvalue weighted by molar-refractivity contribution is 8.00. The Kier molecular flexibility index (Phi) is 7.47. The molecule has 0 saturated heterocycles. The van der Waals surface area contributed by atoms with Crippen LogP contribution in [0.3, 0.4) is 0 Å². The van der Waals surface area contributed by atoms with E-state index >= 15 is 0 Å². The molecule has 0 unspecified atom stereocenters. The van der Waals surface area contributed by atoms with Crippen LogP contribution >= 0.6 is 11.8 Å². The molecule has 0 aliphatic rings. The van der Waals surface area contributed by atoms with E-state index in [1.54, 1.807) is 12.1 Å². The van der Waals surface area contributed by atoms with Crippen molar-refractivity contribution in [3.8, 4) is 16.9 Å². The van der Waals surface area contributed by atoms with Gasteiger partial charge in [-0.1, -0.05) is 54.6 Å². The summed E-state index contributed by atoms with van der Waals surface area (Å²) in [6, 6.07) is 24.8. The summed E-state index contributed by atoms with van der Waals surface area (Å²) in [6.07, 6.45) is 0. The molecule has 0 atom stereocenters. The Morgan fingerprint density at radius 2 is 1.48 bits per heavy atom. The molecule has 148 valence electrons. The molecule has 3 aromatic rings. The number of Topliss-reactive ketones (excluding diaryl/α,β-unsaturated/α-hetero) is 1. The highest BCUT2D eigenvalue weighted by Gasteiger charge is 2.09. The number of nitrogens with one attached hydrogen (secondary N) is 1. The molecule has 0 aliphatic heterocycles. The van der Waals surface area contributed by atoms with Gasteiger partial charge in [-0.3, -0.25) is 9.59 Å². The molecule has 0 spiro atoms. The highest BCUT2D eigenvalue weighted by atomic mass is 32.2. The maximum absolute atomic E-state index is 12.4. The van der Waals surface area contributed by atoms with E-state index in [4.69, 9.17) is 4.74 Å². The van der Waals surface area contributed by atoms with Crippen molar-refractivity contribution in [1.29, 1.82) is 0 Å². The molecule has 0 bridgehead atoms. The summed E-state index contributed by atoms with van der Waals surface area (Å²) in [5.41, 5.74) is 3.56. The summed E-state index contributed by atoms with van der Waals surface area (Å²) < 4.78 is 5.38. The molecule has 1 N–H and O–H groups in total. The highest BCUT2D eigenvalue weighted by Crippen LogP contribution is 2.20. The molecule has 29 heavy (non-hydrogen) atoms. The smallest absolute Gasteiger partial charge is 0.234 e. The molecule has 1 amide bonds. The maximum atomic E-state index is 12.4. The number of amides is 1. The monoisotopic (exact) mass is 405 g/mol. The van der Waals surface area contributed by atoms with Crippen LogP contribution in [0.1, 0.15) is 17.3 Å². The number of ether oxygens (including phenoxy) is 1. The number of carbonyl (C=O) groups excluding carboxylic acids is 2. The van der Waals surface area contributed by atoms with Crippen LogP contribution in [-0.2, 0) is 4.79 Å². The largest absolute Gasteiger partial charge is 0.494 e. The first kappa shape index (κ1) is 20.7. The van der Waals surface area contributed by atoms with Crippen molar-refractivity contribution in [2.24, 2.45) is 0 Å². The third-order valence-electron chi connectivity index (χ3n) is 4.23. The van der Waals surface area contributed by atoms with Gasteiger partial charge in [0.25, 0.3) is 0 Å². The summed E-state index contributed by atoms with van der Waals surface area (Å²) in [5, 5.41) is 2.82. The second-order valence-electron chi connectivity index (χ2n) is 6.36. The number of rotatable bonds is 9. The molecular formula is C24H23NO3S. The molecule has 0 radical (unpaired) electrons. The van der Waals surface area contributed by atoms with E-state index in [0.717, 1.165) is 16.9 Å². The zero-order valence-corrected chi connectivity index (χ0v) is 17.1. The Morgan fingerprint density at radius 3 is 2.14 bits per heavy atom. The third-order valence-corrected chi connectivity index (χ3v) is 5.16. The standard InChI is InChI=1S/C24H23NO3S/c1-2-28-22-14-12-21(13-15-22)25-24(27)17-29-16-23(26)20-10-8-19(9-11-20)18-6-4-3-5-7-18/h3-15H,2,16-17H2,1H3,(H,25,27). The lowest BCUT2D eigenvalue weighted by atomic mass is 10.0. The number of hydrogen-bond donors (Lipinski definition) is 1. The molecule has 0 aromatic heterocycles. The molecule has 0 saturated carbocycles. The quantitative estimate of drug-likeness (QED) is 0.490. The number of hydrogen-bond acceptors (Lipinski definition) is 4. The van der Waals surface area contributed by atoms with Gasteiger partial charge in [-0.25, -0.2) is 0 Å². The van der Waals surface area contributed by atoms with Gasteiger partial charge in [-0.2, -0.15) is 0 Å². The first-order chi connectivity index (χ1) is 14.2. The van der Waals surface area contributed by atoms with Crippen molar-refractivity contribution in [2.75, 3.05) is 23.4 Å². The third kappa shape index (κ3) is 6.22. The Morgan fingerprint density at radius 1 is 0.828 bits per heavy atom. The predicted octanol–water partition coefficient (Wildman–Crippen LogP) is 5.31. The first-order valence-electron chi connectivity index (χ1n) is 9.45. The van der Waals surface area contributed by atoms with Crippen LogP contribution in [-0.4, -0.2) is 29.8 Å². The fourth-order valence-corrected chi connectivity index (χ4v) is 3.51. The molecule has 3 aromatic carbocycles. The summed E-state index contributed by atoms with van der Waals surface area (Å²) in [5.74, 6) is 1.14. The van der Waals surface area contributed by atoms with Gasteiger partial charge < -0.3 is 10.1 Å². The topological polar surface area (TPSA) is 55.4 Å². The average molecular weight is 406 g/mol. The van der Waals surface area contributed by atoms with Crippen molar-refractivity contribution < 1.29 is 14.3 Å². The summed E-state index contributed by atoms with van der Waals surface area (Å²) in [7, 11) is 0. The van der Waals surface area contributed by atoms with Crippen molar-refractivity contribution in [3.63, 3.8) is 0 Å². The minimum Gasteiger partial charge on any atom is -0.494 e. The molecule has 5 heteroatoms. The van der Waals surface area contributed by atoms with Crippen molar-refractivity contribution in [1.82, 2.24) is 0 Å². The van der Waals surface area contributed by atoms with Crippen LogP contribution in [0.5, 0.6) is 5.75 Å². The Bertz CT molecular complexity index is 938. The van der Waals surface area contributed by atoms with Crippen LogP contribution in [0.4, 0.5) is 5.69 Å². The van der Waals surface area contributed by atoms with E-state index in [-0.39, 0.29) is 23.2 Å². The fraction of sp³-hybridized carbons (Fsp3) is 0.167. The minimum absolute atomic E-state index is 0.0171. The SMILES string of the molecule is CCOc1ccc(NC(=O)CSCC(=O)c2ccc(-c3ccccc3)cc2)cc1. The lowest BCUT2D eigenvalue weighted by Crippen LogP contribution is -2.15. The van der Waals surface area contributed by atoms with Crippen molar-refractivity contribution in [3.05, 3.63) is 84.4 Å². The maximum Gasteiger partial charge on any atom is 0.234 e. The number of ketones is 1. The second kappa shape index (κ2) is 10.5. The Hall–Kier alpha value is -3.05. The Labute approximate surface area is 175 Å². The van der Waals surface area contributed by atoms with Crippen LogP contribution in [0.2, 0.25) is 0 Å². The molecule has 0 heterocycles. The van der Waals surface area contributed by atoms with Crippen LogP contribution in [0.25, 0.3) is 11.1 Å². The summed E-state index contributed by atoms with van der Waals surface area (Å²) >= 11 is 1.31. The number of carbonyl (C=O) groups is 2. The van der Waals surface area contributed by atoms with E-state index < -0.39 is 0 Å². The average Bonchev–Trinajstić information content (AvgIpc) is 2.76. The molecule has 4 nitrogen and oxygen atoms in total. The van der Waals surface area contributed by atoms with Crippen LogP contribution in [0.15, 0.2) is 78.9 Å². The van der Waals surface area contributed by atoms with E-state index in [0.29, 0.717) is 17.9 Å². The zero-order valence-electron chi connectivity index (χ0n) is 16.3. The number of thioether (sulfide) groups is 1. The van der Waals surface area contributed by atoms with E-state index in [9.17, 15) is 9.59 Å². The van der Waals surface area contributed by atoms with Gasteiger partial charge in [0.1, 0.15) is 5.75 Å². The van der Waals surface area contributed by atoms with Crippen molar-refractivity contribution in [2.45, 2.75) is 6.92 Å². The lowest BCUT2D eigenvalue weighted by Gasteiger charge is -2.07. The predicted molar refractivity (Wildman–Crippen MR) is 120 cm³/mol. The van der Waals surface area contributed by atoms with E-state index in [1.807, 2.05) is 73.7 Å². The van der Waals surface area contributed by atoms with Gasteiger partial charge in [-0.05, 0) is 42.3 Å². The van der Waals surface area contributed by atoms with Gasteiger partial charge >= 0.3 is 0 Å². The van der Waals surface area contributed by atoms with Gasteiger partial charge in [0.2, 0.25) is 5.91 Å². The van der Waals surface area contributed by atoms with Gasteiger partial charge in [0.15, 0.2) is 5.78 Å². The van der Waals surface area contributed by atoms with Gasteiger partial charge in [-0.15, -0.1) is 11.8 Å². The van der Waals surface area contributed by atoms with E-state index in [2.05, 4.69) is 5.32 Å². The molecular weight excluding hydrogens is 382 g/mol. The lowest BCUT2D eigenvalue weighted by molar-refractivity contribution is -0.113. The van der Waals surface area contributed by atoms with E-state index in [1.165, 1.54) is 11.8 Å². The molecule has 0 aliphatic carbocycles. The van der Waals surface area contributed by atoms with Gasteiger partial charge in [0, 0.05) is 11.3 Å². The number of anilines is 1. The normalized spacial score (nSPS) is 10.4.